The largest absolute Gasteiger partial charge is 0.308 e. The number of para-hydroxylation sites is 4. The second-order valence-electron chi connectivity index (χ2n) is 13.7. The summed E-state index contributed by atoms with van der Waals surface area (Å²) in [7, 11) is 0. The van der Waals surface area contributed by atoms with Crippen LogP contribution in [-0.4, -0.2) is 0 Å². The van der Waals surface area contributed by atoms with Gasteiger partial charge in [0, 0.05) is 38.0 Å². The number of anilines is 6. The summed E-state index contributed by atoms with van der Waals surface area (Å²) in [4.78, 5) is 4.96. The van der Waals surface area contributed by atoms with E-state index >= 15 is 0 Å². The quantitative estimate of drug-likeness (QED) is 0.154. The van der Waals surface area contributed by atoms with Crippen molar-refractivity contribution in [1.29, 1.82) is 0 Å². The number of nitrogens with zero attached hydrogens (tertiary/aromatic N) is 2. The van der Waals surface area contributed by atoms with Gasteiger partial charge in [-0.3, -0.25) is 0 Å². The minimum absolute atomic E-state index is 1.09. The second kappa shape index (κ2) is 14.1. The third-order valence-corrected chi connectivity index (χ3v) is 11.6. The number of hydrogen-bond acceptors (Lipinski definition) is 3. The molecule has 1 aromatic heterocycles. The first-order chi connectivity index (χ1) is 27.3. The monoisotopic (exact) mass is 720 g/mol. The molecule has 0 saturated heterocycles. The highest BCUT2D eigenvalue weighted by atomic mass is 32.1. The summed E-state index contributed by atoms with van der Waals surface area (Å²) in [5.74, 6) is 0. The molecule has 1 heterocycles. The Morgan fingerprint density at radius 3 is 1.44 bits per heavy atom. The molecule has 55 heavy (non-hydrogen) atoms. The fourth-order valence-corrected chi connectivity index (χ4v) is 9.24. The smallest absolute Gasteiger partial charge is 0.0883 e. The Morgan fingerprint density at radius 2 is 0.818 bits per heavy atom. The van der Waals surface area contributed by atoms with Crippen molar-refractivity contribution in [2.24, 2.45) is 0 Å². The summed E-state index contributed by atoms with van der Waals surface area (Å²) in [6.07, 6.45) is 0. The maximum absolute atomic E-state index is 2.50. The van der Waals surface area contributed by atoms with Crippen molar-refractivity contribution in [2.45, 2.75) is 0 Å². The molecule has 0 saturated carbocycles. The van der Waals surface area contributed by atoms with E-state index in [4.69, 9.17) is 0 Å². The SMILES string of the molecule is c1ccc(-c2ccccc2N(c2ccccc2)c2ccc3c(sc4ccc5ccccc5c43)c2N(c2ccccc2)c2ccccc2-c2ccccc2)cc1. The molecule has 2 nitrogen and oxygen atoms in total. The van der Waals surface area contributed by atoms with Gasteiger partial charge in [-0.05, 0) is 70.4 Å². The van der Waals surface area contributed by atoms with Gasteiger partial charge in [0.15, 0.2) is 0 Å². The highest BCUT2D eigenvalue weighted by molar-refractivity contribution is 7.26. The molecule has 10 rings (SSSR count). The Hall–Kier alpha value is -6.94. The van der Waals surface area contributed by atoms with Crippen LogP contribution in [0.15, 0.2) is 218 Å². The van der Waals surface area contributed by atoms with E-state index in [-0.39, 0.29) is 0 Å². The van der Waals surface area contributed by atoms with Gasteiger partial charge in [-0.15, -0.1) is 11.3 Å². The summed E-state index contributed by atoms with van der Waals surface area (Å²) in [5, 5.41) is 5.07. The zero-order valence-corrected chi connectivity index (χ0v) is 30.9. The molecule has 10 aromatic rings. The van der Waals surface area contributed by atoms with Crippen LogP contribution in [0.5, 0.6) is 0 Å². The fraction of sp³-hybridized carbons (Fsp3) is 0. The zero-order chi connectivity index (χ0) is 36.6. The maximum atomic E-state index is 2.50. The fourth-order valence-electron chi connectivity index (χ4n) is 7.99. The summed E-state index contributed by atoms with van der Waals surface area (Å²) in [6.45, 7) is 0. The molecule has 3 heteroatoms. The Morgan fingerprint density at radius 1 is 0.327 bits per heavy atom. The number of thiophene rings is 1. The van der Waals surface area contributed by atoms with Crippen LogP contribution in [-0.2, 0) is 0 Å². The van der Waals surface area contributed by atoms with E-state index in [0.717, 1.165) is 45.3 Å². The van der Waals surface area contributed by atoms with Gasteiger partial charge in [0.2, 0.25) is 0 Å². The molecular weight excluding hydrogens is 685 g/mol. The Balaban J connectivity index is 1.37. The van der Waals surface area contributed by atoms with E-state index < -0.39 is 0 Å². The highest BCUT2D eigenvalue weighted by Crippen LogP contribution is 2.55. The first-order valence-corrected chi connectivity index (χ1v) is 19.5. The van der Waals surface area contributed by atoms with E-state index in [9.17, 15) is 0 Å². The third kappa shape index (κ3) is 5.83. The molecule has 0 atom stereocenters. The molecular formula is C52H36N2S. The number of benzene rings is 9. The standard InChI is InChI=1S/C52H36N2S/c1-5-19-37(20-6-1)42-28-15-17-31-46(42)53(40-24-9-3-10-25-40)48-35-34-45-50-44-30-14-13-23-39(44)33-36-49(50)55-52(45)51(48)54(41-26-11-4-12-27-41)47-32-18-16-29-43(47)38-21-7-2-8-22-38/h1-36H. The van der Waals surface area contributed by atoms with Gasteiger partial charge in [0.25, 0.3) is 0 Å². The predicted molar refractivity (Wildman–Crippen MR) is 237 cm³/mol. The Kier molecular flexibility index (Phi) is 8.40. The van der Waals surface area contributed by atoms with Gasteiger partial charge >= 0.3 is 0 Å². The zero-order valence-electron chi connectivity index (χ0n) is 30.1. The average molecular weight is 721 g/mol. The molecule has 0 radical (unpaired) electrons. The van der Waals surface area contributed by atoms with E-state index in [1.54, 1.807) is 0 Å². The van der Waals surface area contributed by atoms with Crippen molar-refractivity contribution < 1.29 is 0 Å². The van der Waals surface area contributed by atoms with Gasteiger partial charge in [0.05, 0.1) is 27.4 Å². The van der Waals surface area contributed by atoms with Crippen molar-refractivity contribution in [3.05, 3.63) is 218 Å². The van der Waals surface area contributed by atoms with E-state index in [1.807, 2.05) is 11.3 Å². The predicted octanol–water partition coefficient (Wildman–Crippen LogP) is 15.5. The van der Waals surface area contributed by atoms with Gasteiger partial charge in [-0.2, -0.15) is 0 Å². The van der Waals surface area contributed by atoms with Crippen LogP contribution in [0.25, 0.3) is 53.2 Å². The Bertz CT molecular complexity index is 2920. The third-order valence-electron chi connectivity index (χ3n) is 10.4. The average Bonchev–Trinajstić information content (AvgIpc) is 3.66. The van der Waals surface area contributed by atoms with Crippen molar-refractivity contribution >= 4 is 76.4 Å². The topological polar surface area (TPSA) is 6.48 Å². The molecule has 0 aliphatic heterocycles. The minimum Gasteiger partial charge on any atom is -0.308 e. The molecule has 0 unspecified atom stereocenters. The lowest BCUT2D eigenvalue weighted by Crippen LogP contribution is -2.18. The van der Waals surface area contributed by atoms with Crippen LogP contribution >= 0.6 is 11.3 Å². The molecule has 0 fully saturated rings. The van der Waals surface area contributed by atoms with E-state index in [1.165, 1.54) is 42.1 Å². The number of hydrogen-bond donors (Lipinski definition) is 0. The Labute approximate surface area is 325 Å². The molecule has 0 N–H and O–H groups in total. The van der Waals surface area contributed by atoms with Crippen LogP contribution in [0.1, 0.15) is 0 Å². The molecule has 0 amide bonds. The van der Waals surface area contributed by atoms with Gasteiger partial charge in [0.1, 0.15) is 0 Å². The highest BCUT2D eigenvalue weighted by Gasteiger charge is 2.29. The molecule has 260 valence electrons. The van der Waals surface area contributed by atoms with Crippen molar-refractivity contribution in [3.63, 3.8) is 0 Å². The lowest BCUT2D eigenvalue weighted by atomic mass is 9.99. The van der Waals surface area contributed by atoms with Gasteiger partial charge in [-0.1, -0.05) is 170 Å². The van der Waals surface area contributed by atoms with Crippen molar-refractivity contribution in [3.8, 4) is 22.3 Å². The molecule has 0 aliphatic rings. The molecule has 0 bridgehead atoms. The van der Waals surface area contributed by atoms with E-state index in [2.05, 4.69) is 228 Å². The first-order valence-electron chi connectivity index (χ1n) is 18.7. The lowest BCUT2D eigenvalue weighted by Gasteiger charge is -2.35. The number of rotatable bonds is 8. The van der Waals surface area contributed by atoms with Gasteiger partial charge in [-0.25, -0.2) is 0 Å². The van der Waals surface area contributed by atoms with Crippen LogP contribution < -0.4 is 9.80 Å². The lowest BCUT2D eigenvalue weighted by molar-refractivity contribution is 1.24. The van der Waals surface area contributed by atoms with Crippen LogP contribution in [0.3, 0.4) is 0 Å². The normalized spacial score (nSPS) is 11.3. The van der Waals surface area contributed by atoms with Crippen LogP contribution in [0.4, 0.5) is 34.1 Å². The van der Waals surface area contributed by atoms with E-state index in [0.29, 0.717) is 0 Å². The van der Waals surface area contributed by atoms with Crippen LogP contribution in [0, 0.1) is 0 Å². The maximum Gasteiger partial charge on any atom is 0.0883 e. The molecule has 9 aromatic carbocycles. The van der Waals surface area contributed by atoms with Crippen molar-refractivity contribution in [1.82, 2.24) is 0 Å². The van der Waals surface area contributed by atoms with Gasteiger partial charge < -0.3 is 9.80 Å². The van der Waals surface area contributed by atoms with Crippen LogP contribution in [0.2, 0.25) is 0 Å². The molecule has 0 spiro atoms. The summed E-state index contributed by atoms with van der Waals surface area (Å²) >= 11 is 1.88. The summed E-state index contributed by atoms with van der Waals surface area (Å²) < 4.78 is 2.50. The summed E-state index contributed by atoms with van der Waals surface area (Å²) in [5.41, 5.74) is 11.3. The minimum atomic E-state index is 1.09. The van der Waals surface area contributed by atoms with Crippen molar-refractivity contribution in [2.75, 3.05) is 9.80 Å². The second-order valence-corrected chi connectivity index (χ2v) is 14.7. The summed E-state index contributed by atoms with van der Waals surface area (Å²) in [6, 6.07) is 78.8. The molecule has 0 aliphatic carbocycles. The first kappa shape index (κ1) is 32.7. The number of fused-ring (bicyclic) bond motifs is 5.